The summed E-state index contributed by atoms with van der Waals surface area (Å²) in [7, 11) is 0. The van der Waals surface area contributed by atoms with Crippen molar-refractivity contribution in [1.29, 1.82) is 0 Å². The lowest BCUT2D eigenvalue weighted by Gasteiger charge is -2.23. The molecule has 2 aliphatic carbocycles. The van der Waals surface area contributed by atoms with Crippen molar-refractivity contribution in [3.63, 3.8) is 0 Å². The molecule has 19 heteroatoms. The second-order valence-corrected chi connectivity index (χ2v) is 20.9. The van der Waals surface area contributed by atoms with E-state index in [0.717, 1.165) is 83.4 Å². The first-order valence-electron chi connectivity index (χ1n) is 21.4. The minimum atomic E-state index is -0.953. The Labute approximate surface area is 382 Å². The first-order chi connectivity index (χ1) is 30.0. The zero-order chi connectivity index (χ0) is 44.0. The van der Waals surface area contributed by atoms with Crippen LogP contribution in [-0.4, -0.2) is 78.9 Å². The summed E-state index contributed by atoms with van der Waals surface area (Å²) in [6, 6.07) is -0.953. The predicted molar refractivity (Wildman–Crippen MR) is 246 cm³/mol. The standard InChI is InChI=1S/C43H55N7O7S5/c1-4-14-34(52)58-20-13-7-12-19-57-43(55)35(48-38(53)30-23-60-40(47-30)31-24-59-26(3)45-31)25(2)21-27-22-28(27)37-36(39(54)44-18-11-6-5-8-17-33(51)50-56)49-42(62-37)41-46-29-15-9-10-16-32(29)61-41/h7,12,23-25,27-28,35,56H,4-6,8-11,13-22H2,1-3H3,(H,44,54)(H,48,53)(H,50,51). The van der Waals surface area contributed by atoms with E-state index in [-0.39, 0.29) is 47.5 Å². The van der Waals surface area contributed by atoms with Crippen molar-refractivity contribution < 1.29 is 33.9 Å². The average molecular weight is 942 g/mol. The molecular weight excluding hydrogens is 887 g/mol. The van der Waals surface area contributed by atoms with Crippen LogP contribution in [0.4, 0.5) is 0 Å². The molecule has 4 N–H and O–H groups in total. The number of rotatable bonds is 24. The molecule has 0 radical (unpaired) electrons. The Hall–Kier alpha value is -3.88. The van der Waals surface area contributed by atoms with Gasteiger partial charge in [-0.3, -0.25) is 24.4 Å². The number of thiazole rings is 4. The summed E-state index contributed by atoms with van der Waals surface area (Å²) in [6.45, 7) is 6.33. The van der Waals surface area contributed by atoms with E-state index in [1.54, 1.807) is 28.3 Å². The zero-order valence-corrected chi connectivity index (χ0v) is 39.4. The number of hydrogen-bond acceptors (Lipinski definition) is 16. The number of esters is 1. The highest BCUT2D eigenvalue weighted by molar-refractivity contribution is 8.13. The number of carbonyl (C=O) groups excluding carboxylic acids is 5. The van der Waals surface area contributed by atoms with Crippen LogP contribution >= 0.6 is 57.1 Å². The lowest BCUT2D eigenvalue weighted by Crippen LogP contribution is -2.46. The van der Waals surface area contributed by atoms with Gasteiger partial charge in [-0.15, -0.1) is 45.3 Å². The van der Waals surface area contributed by atoms with Gasteiger partial charge in [-0.2, -0.15) is 0 Å². The van der Waals surface area contributed by atoms with Gasteiger partial charge in [0.25, 0.3) is 11.8 Å². The summed E-state index contributed by atoms with van der Waals surface area (Å²) in [5.74, 6) is -1.12. The SMILES string of the molecule is CCCC(=O)SCCC=CCOC(=O)C(NC(=O)c1csc(-c2csc(C)n2)n1)C(C)CC1CC1c1sc(-c2nc3c(s2)CCCC3)nc1C(=O)NCCCCCCC(=O)NO. The third-order valence-electron chi connectivity index (χ3n) is 10.7. The maximum Gasteiger partial charge on any atom is 0.329 e. The topological polar surface area (TPSA) is 202 Å². The number of thioether (sulfide) groups is 1. The van der Waals surface area contributed by atoms with Crippen LogP contribution in [0.1, 0.15) is 138 Å². The lowest BCUT2D eigenvalue weighted by molar-refractivity contribution is -0.146. The van der Waals surface area contributed by atoms with Gasteiger partial charge in [0.05, 0.1) is 10.7 Å². The normalized spacial score (nSPS) is 16.7. The number of carbonyl (C=O) groups is 5. The number of allylic oxidation sites excluding steroid dienone is 1. The van der Waals surface area contributed by atoms with Gasteiger partial charge in [0.2, 0.25) is 5.91 Å². The van der Waals surface area contributed by atoms with E-state index in [9.17, 15) is 24.0 Å². The average Bonchev–Trinajstić information content (AvgIpc) is 3.78. The molecule has 0 aliphatic heterocycles. The van der Waals surface area contributed by atoms with Crippen LogP contribution in [0.2, 0.25) is 0 Å². The Morgan fingerprint density at radius 1 is 0.935 bits per heavy atom. The minimum absolute atomic E-state index is 0.0325. The smallest absolute Gasteiger partial charge is 0.329 e. The van der Waals surface area contributed by atoms with Gasteiger partial charge in [-0.1, -0.05) is 50.6 Å². The molecule has 0 saturated heterocycles. The van der Waals surface area contributed by atoms with Gasteiger partial charge in [-0.25, -0.2) is 30.2 Å². The fourth-order valence-electron chi connectivity index (χ4n) is 7.36. The van der Waals surface area contributed by atoms with Crippen LogP contribution in [0.25, 0.3) is 20.7 Å². The molecular formula is C43H55N7O7S5. The van der Waals surface area contributed by atoms with E-state index in [2.05, 4.69) is 20.6 Å². The van der Waals surface area contributed by atoms with Crippen LogP contribution in [0, 0.1) is 18.8 Å². The molecule has 4 aromatic rings. The first kappa shape index (κ1) is 47.6. The van der Waals surface area contributed by atoms with Gasteiger partial charge in [-0.05, 0) is 88.9 Å². The molecule has 3 amide bonds. The summed E-state index contributed by atoms with van der Waals surface area (Å²) in [5, 5.41) is 21.6. The lowest BCUT2D eigenvalue weighted by atomic mass is 9.94. The highest BCUT2D eigenvalue weighted by Gasteiger charge is 2.45. The number of unbranched alkanes of at least 4 members (excludes halogenated alkanes) is 3. The Kier molecular flexibility index (Phi) is 18.2. The van der Waals surface area contributed by atoms with E-state index in [0.29, 0.717) is 54.4 Å². The molecule has 1 saturated carbocycles. The molecule has 2 aliphatic rings. The number of fused-ring (bicyclic) bond motifs is 1. The predicted octanol–water partition coefficient (Wildman–Crippen LogP) is 8.70. The molecule has 0 aromatic carbocycles. The van der Waals surface area contributed by atoms with Crippen LogP contribution in [0.5, 0.6) is 0 Å². The second-order valence-electron chi connectivity index (χ2n) is 15.7. The fourth-order valence-corrected chi connectivity index (χ4v) is 12.1. The van der Waals surface area contributed by atoms with Crippen molar-refractivity contribution in [2.24, 2.45) is 11.8 Å². The Bertz CT molecular complexity index is 2170. The van der Waals surface area contributed by atoms with Crippen LogP contribution < -0.4 is 16.1 Å². The molecule has 4 heterocycles. The van der Waals surface area contributed by atoms with E-state index in [4.69, 9.17) is 19.9 Å². The maximum atomic E-state index is 13.8. The molecule has 334 valence electrons. The molecule has 1 fully saturated rings. The molecule has 62 heavy (non-hydrogen) atoms. The fraction of sp³-hybridized carbons (Fsp3) is 0.558. The number of amides is 3. The van der Waals surface area contributed by atoms with E-state index in [1.807, 2.05) is 32.2 Å². The molecule has 6 rings (SSSR count). The Morgan fingerprint density at radius 3 is 2.52 bits per heavy atom. The number of ether oxygens (including phenoxy) is 1. The number of hydrogen-bond donors (Lipinski definition) is 4. The van der Waals surface area contributed by atoms with Gasteiger partial charge in [0.15, 0.2) is 15.1 Å². The summed E-state index contributed by atoms with van der Waals surface area (Å²) >= 11 is 7.33. The van der Waals surface area contributed by atoms with E-state index >= 15 is 0 Å². The molecule has 14 nitrogen and oxygen atoms in total. The van der Waals surface area contributed by atoms with Crippen molar-refractivity contribution >= 4 is 85.9 Å². The number of nitrogens with one attached hydrogen (secondary N) is 3. The number of aromatic nitrogens is 4. The first-order valence-corrected chi connectivity index (χ1v) is 25.8. The Morgan fingerprint density at radius 2 is 1.74 bits per heavy atom. The van der Waals surface area contributed by atoms with Crippen molar-refractivity contribution in [3.8, 4) is 20.7 Å². The summed E-state index contributed by atoms with van der Waals surface area (Å²) in [4.78, 5) is 85.4. The molecule has 4 unspecified atom stereocenters. The molecule has 0 bridgehead atoms. The molecule has 4 aromatic heterocycles. The molecule has 0 spiro atoms. The van der Waals surface area contributed by atoms with Crippen molar-refractivity contribution in [2.45, 2.75) is 123 Å². The second kappa shape index (κ2) is 23.7. The van der Waals surface area contributed by atoms with Gasteiger partial charge in [0.1, 0.15) is 34.7 Å². The van der Waals surface area contributed by atoms with E-state index in [1.165, 1.54) is 50.6 Å². The molecule has 4 atom stereocenters. The van der Waals surface area contributed by atoms with Gasteiger partial charge >= 0.3 is 5.97 Å². The maximum absolute atomic E-state index is 13.8. The van der Waals surface area contributed by atoms with Gasteiger partial charge < -0.3 is 15.4 Å². The van der Waals surface area contributed by atoms with Crippen molar-refractivity contribution in [2.75, 3.05) is 18.9 Å². The summed E-state index contributed by atoms with van der Waals surface area (Å²) in [5.41, 5.74) is 4.11. The summed E-state index contributed by atoms with van der Waals surface area (Å²) < 4.78 is 5.71. The summed E-state index contributed by atoms with van der Waals surface area (Å²) in [6.07, 6.45) is 14.6. The van der Waals surface area contributed by atoms with E-state index < -0.39 is 23.8 Å². The van der Waals surface area contributed by atoms with Crippen LogP contribution in [0.15, 0.2) is 22.9 Å². The highest BCUT2D eigenvalue weighted by atomic mass is 32.2. The van der Waals surface area contributed by atoms with Crippen molar-refractivity contribution in [3.05, 3.63) is 54.8 Å². The number of aryl methyl sites for hydroxylation is 3. The number of nitrogens with zero attached hydrogens (tertiary/aromatic N) is 4. The third kappa shape index (κ3) is 13.6. The Balaban J connectivity index is 1.12. The monoisotopic (exact) mass is 941 g/mol. The van der Waals surface area contributed by atoms with Gasteiger partial charge in [0, 0.05) is 45.7 Å². The zero-order valence-electron chi connectivity index (χ0n) is 35.4. The van der Waals surface area contributed by atoms with Crippen LogP contribution in [-0.2, 0) is 32.0 Å². The quantitative estimate of drug-likeness (QED) is 0.0171. The number of hydroxylamine groups is 1. The minimum Gasteiger partial charge on any atom is -0.460 e. The highest BCUT2D eigenvalue weighted by Crippen LogP contribution is 2.55. The largest absolute Gasteiger partial charge is 0.460 e. The van der Waals surface area contributed by atoms with Crippen LogP contribution in [0.3, 0.4) is 0 Å². The van der Waals surface area contributed by atoms with Crippen molar-refractivity contribution in [1.82, 2.24) is 36.0 Å². The third-order valence-corrected chi connectivity index (χ3v) is 15.8.